The van der Waals surface area contributed by atoms with E-state index in [0.717, 1.165) is 55.6 Å². The predicted molar refractivity (Wildman–Crippen MR) is 138 cm³/mol. The third-order valence-electron chi connectivity index (χ3n) is 6.59. The van der Waals surface area contributed by atoms with E-state index < -0.39 is 0 Å². The fraction of sp³-hybridized carbons (Fsp3) is 0.269. The van der Waals surface area contributed by atoms with Crippen LogP contribution < -0.4 is 4.73 Å². The lowest BCUT2D eigenvalue weighted by Gasteiger charge is -2.30. The van der Waals surface area contributed by atoms with E-state index in [-0.39, 0.29) is 5.91 Å². The number of rotatable bonds is 2. The summed E-state index contributed by atoms with van der Waals surface area (Å²) in [6.45, 7) is 1.36. The number of nitrogens with zero attached hydrogens (tertiary/aromatic N) is 3. The van der Waals surface area contributed by atoms with Crippen LogP contribution in [-0.2, 0) is 24.1 Å². The van der Waals surface area contributed by atoms with Crippen molar-refractivity contribution in [3.63, 3.8) is 0 Å². The van der Waals surface area contributed by atoms with E-state index in [4.69, 9.17) is 16.6 Å². The van der Waals surface area contributed by atoms with Crippen molar-refractivity contribution in [3.05, 3.63) is 96.4 Å². The Morgan fingerprint density at radius 3 is 2.56 bits per heavy atom. The SMILES string of the molecule is O=C(Cc1cc[n+](O)cc1)N1CCC(=C2c3ccc(Cl)c(Br)c3CCc3cc(Br)cnc32)CC1. The summed E-state index contributed by atoms with van der Waals surface area (Å²) in [5.74, 6) is 0.109. The molecule has 1 fully saturated rings. The maximum absolute atomic E-state index is 12.9. The molecule has 3 heterocycles. The summed E-state index contributed by atoms with van der Waals surface area (Å²) < 4.78 is 2.91. The summed E-state index contributed by atoms with van der Waals surface area (Å²) in [6, 6.07) is 9.76. The molecule has 1 aromatic carbocycles. The van der Waals surface area contributed by atoms with E-state index in [9.17, 15) is 10.0 Å². The standard InChI is InChI=1S/C26H23Br2ClN3O2/c27-19-14-18-1-2-21-20(3-4-22(29)25(21)28)24(26(18)30-15-19)17-7-9-31(10-8-17)23(33)13-16-5-11-32(34)12-6-16/h3-6,11-12,14-15,34H,1-2,7-10,13H2/q+1. The second kappa shape index (κ2) is 9.80. The maximum Gasteiger partial charge on any atom is 0.227 e. The van der Waals surface area contributed by atoms with Crippen molar-refractivity contribution in [2.45, 2.75) is 32.1 Å². The van der Waals surface area contributed by atoms with Crippen molar-refractivity contribution in [3.8, 4) is 0 Å². The fourth-order valence-corrected chi connectivity index (χ4v) is 5.94. The van der Waals surface area contributed by atoms with Gasteiger partial charge in [-0.15, -0.1) is 0 Å². The summed E-state index contributed by atoms with van der Waals surface area (Å²) in [7, 11) is 0. The lowest BCUT2D eigenvalue weighted by molar-refractivity contribution is -0.904. The summed E-state index contributed by atoms with van der Waals surface area (Å²) in [6.07, 6.45) is 8.67. The van der Waals surface area contributed by atoms with Crippen LogP contribution in [0.2, 0.25) is 5.02 Å². The second-order valence-electron chi connectivity index (χ2n) is 8.67. The molecule has 0 radical (unpaired) electrons. The highest BCUT2D eigenvalue weighted by molar-refractivity contribution is 9.10. The molecule has 5 rings (SSSR count). The van der Waals surface area contributed by atoms with Crippen LogP contribution >= 0.6 is 43.5 Å². The molecular weight excluding hydrogens is 582 g/mol. The van der Waals surface area contributed by atoms with Crippen LogP contribution in [0.3, 0.4) is 0 Å². The summed E-state index contributed by atoms with van der Waals surface area (Å²) in [5.41, 5.74) is 8.07. The van der Waals surface area contributed by atoms with Gasteiger partial charge in [0.15, 0.2) is 0 Å². The molecule has 174 valence electrons. The number of aryl methyl sites for hydroxylation is 1. The topological polar surface area (TPSA) is 57.3 Å². The Morgan fingerprint density at radius 2 is 1.82 bits per heavy atom. The first-order chi connectivity index (χ1) is 16.4. The zero-order valence-electron chi connectivity index (χ0n) is 18.4. The summed E-state index contributed by atoms with van der Waals surface area (Å²) in [5, 5.41) is 10.1. The van der Waals surface area contributed by atoms with Gasteiger partial charge in [0.2, 0.25) is 18.3 Å². The Bertz CT molecular complexity index is 1300. The number of hydrogen-bond donors (Lipinski definition) is 1. The highest BCUT2D eigenvalue weighted by Gasteiger charge is 2.28. The van der Waals surface area contributed by atoms with Gasteiger partial charge in [0.25, 0.3) is 0 Å². The molecule has 2 aliphatic rings. The smallest absolute Gasteiger partial charge is 0.227 e. The molecule has 1 N–H and O–H groups in total. The molecule has 1 amide bonds. The van der Waals surface area contributed by atoms with Gasteiger partial charge in [-0.25, -0.2) is 0 Å². The number of aromatic nitrogens is 2. The van der Waals surface area contributed by atoms with Gasteiger partial charge < -0.3 is 4.90 Å². The molecule has 1 saturated heterocycles. The molecule has 0 bridgehead atoms. The van der Waals surface area contributed by atoms with Crippen LogP contribution in [0, 0.1) is 0 Å². The molecule has 34 heavy (non-hydrogen) atoms. The minimum absolute atomic E-state index is 0.109. The van der Waals surface area contributed by atoms with E-state index >= 15 is 0 Å². The van der Waals surface area contributed by atoms with Crippen LogP contribution in [0.1, 0.15) is 40.8 Å². The summed E-state index contributed by atoms with van der Waals surface area (Å²) >= 11 is 13.8. The second-order valence-corrected chi connectivity index (χ2v) is 10.8. The molecule has 1 aliphatic heterocycles. The average molecular weight is 605 g/mol. The molecule has 0 atom stereocenters. The van der Waals surface area contributed by atoms with Gasteiger partial charge in [-0.1, -0.05) is 23.2 Å². The van der Waals surface area contributed by atoms with E-state index in [2.05, 4.69) is 44.0 Å². The average Bonchev–Trinajstić information content (AvgIpc) is 3.00. The highest BCUT2D eigenvalue weighted by Crippen LogP contribution is 2.42. The van der Waals surface area contributed by atoms with Crippen molar-refractivity contribution in [1.82, 2.24) is 9.88 Å². The maximum atomic E-state index is 12.9. The number of halogens is 3. The van der Waals surface area contributed by atoms with Crippen molar-refractivity contribution < 1.29 is 14.7 Å². The third kappa shape index (κ3) is 4.66. The minimum atomic E-state index is 0.109. The predicted octanol–water partition coefficient (Wildman–Crippen LogP) is 5.55. The molecule has 2 aromatic heterocycles. The third-order valence-corrected chi connectivity index (χ3v) is 8.47. The van der Waals surface area contributed by atoms with Crippen LogP contribution in [0.15, 0.2) is 63.4 Å². The van der Waals surface area contributed by atoms with Crippen molar-refractivity contribution in [1.29, 1.82) is 0 Å². The first-order valence-corrected chi connectivity index (χ1v) is 13.2. The zero-order chi connectivity index (χ0) is 23.8. The van der Waals surface area contributed by atoms with Gasteiger partial charge in [0.05, 0.1) is 17.1 Å². The Balaban J connectivity index is 1.46. The number of carbonyl (C=O) groups excluding carboxylic acids is 1. The number of hydrogen-bond acceptors (Lipinski definition) is 3. The van der Waals surface area contributed by atoms with Crippen molar-refractivity contribution in [2.24, 2.45) is 0 Å². The number of piperidine rings is 1. The molecular formula is C26H23Br2ClN3O2+. The first-order valence-electron chi connectivity index (χ1n) is 11.2. The van der Waals surface area contributed by atoms with Crippen LogP contribution in [0.4, 0.5) is 0 Å². The largest absolute Gasteiger partial charge is 0.342 e. The fourth-order valence-electron chi connectivity index (χ4n) is 4.84. The molecule has 8 heteroatoms. The molecule has 1 aliphatic carbocycles. The highest BCUT2D eigenvalue weighted by atomic mass is 79.9. The van der Waals surface area contributed by atoms with Gasteiger partial charge in [-0.3, -0.25) is 15.0 Å². The lowest BCUT2D eigenvalue weighted by atomic mass is 9.88. The van der Waals surface area contributed by atoms with E-state index in [0.29, 0.717) is 19.5 Å². The van der Waals surface area contributed by atoms with Gasteiger partial charge >= 0.3 is 0 Å². The van der Waals surface area contributed by atoms with Crippen molar-refractivity contribution >= 4 is 54.9 Å². The van der Waals surface area contributed by atoms with Gasteiger partial charge in [-0.2, -0.15) is 0 Å². The molecule has 5 nitrogen and oxygen atoms in total. The molecule has 3 aromatic rings. The van der Waals surface area contributed by atoms with Gasteiger partial charge in [0.1, 0.15) is 0 Å². The van der Waals surface area contributed by atoms with Crippen LogP contribution in [-0.4, -0.2) is 34.1 Å². The van der Waals surface area contributed by atoms with E-state index in [1.807, 2.05) is 17.2 Å². The Hall–Kier alpha value is -2.22. The minimum Gasteiger partial charge on any atom is -0.342 e. The number of amides is 1. The molecule has 0 unspecified atom stereocenters. The number of pyridine rings is 2. The zero-order valence-corrected chi connectivity index (χ0v) is 22.3. The normalized spacial score (nSPS) is 15.6. The lowest BCUT2D eigenvalue weighted by Crippen LogP contribution is -2.37. The van der Waals surface area contributed by atoms with Gasteiger partial charge in [-0.05, 0) is 91.9 Å². The quantitative estimate of drug-likeness (QED) is 0.308. The Kier molecular flexibility index (Phi) is 6.78. The number of carbonyl (C=O) groups is 1. The monoisotopic (exact) mass is 602 g/mol. The first kappa shape index (κ1) is 23.5. The summed E-state index contributed by atoms with van der Waals surface area (Å²) in [4.78, 5) is 19.7. The molecule has 0 spiro atoms. The van der Waals surface area contributed by atoms with Crippen LogP contribution in [0.25, 0.3) is 5.57 Å². The van der Waals surface area contributed by atoms with Gasteiger partial charge in [0, 0.05) is 50.7 Å². The van der Waals surface area contributed by atoms with Crippen molar-refractivity contribution in [2.75, 3.05) is 13.1 Å². The number of likely N-dealkylation sites (tertiary alicyclic amines) is 1. The Labute approximate surface area is 220 Å². The van der Waals surface area contributed by atoms with Crippen LogP contribution in [0.5, 0.6) is 0 Å². The van der Waals surface area contributed by atoms with E-state index in [1.54, 1.807) is 12.1 Å². The molecule has 0 saturated carbocycles. The number of fused-ring (bicyclic) bond motifs is 2. The Morgan fingerprint density at radius 1 is 1.09 bits per heavy atom. The van der Waals surface area contributed by atoms with E-state index in [1.165, 1.54) is 40.2 Å². The number of benzene rings is 1.